The summed E-state index contributed by atoms with van der Waals surface area (Å²) in [6.45, 7) is 6.16. The molecule has 0 bridgehead atoms. The van der Waals surface area contributed by atoms with Crippen LogP contribution in [0.3, 0.4) is 0 Å². The Morgan fingerprint density at radius 2 is 1.19 bits per heavy atom. The molecule has 0 spiro atoms. The second-order valence-electron chi connectivity index (χ2n) is 5.27. The zero-order chi connectivity index (χ0) is 14.8. The Bertz CT molecular complexity index is 777. The van der Waals surface area contributed by atoms with Crippen LogP contribution >= 0.6 is 0 Å². The molecule has 3 aromatic rings. The van der Waals surface area contributed by atoms with Crippen LogP contribution in [0.2, 0.25) is 0 Å². The molecule has 0 amide bonds. The van der Waals surface area contributed by atoms with E-state index in [2.05, 4.69) is 31.2 Å². The Morgan fingerprint density at radius 3 is 1.90 bits per heavy atom. The second-order valence-corrected chi connectivity index (χ2v) is 5.27. The van der Waals surface area contributed by atoms with Crippen LogP contribution in [0, 0.1) is 20.8 Å². The summed E-state index contributed by atoms with van der Waals surface area (Å²) in [6, 6.07) is 18.5. The van der Waals surface area contributed by atoms with Crippen molar-refractivity contribution in [2.24, 2.45) is 0 Å². The van der Waals surface area contributed by atoms with Gasteiger partial charge in [-0.05, 0) is 26.3 Å². The smallest absolute Gasteiger partial charge is 0.0920 e. The molecule has 0 saturated carbocycles. The molecule has 0 unspecified atom stereocenters. The van der Waals surface area contributed by atoms with Crippen molar-refractivity contribution in [1.29, 1.82) is 0 Å². The first kappa shape index (κ1) is 13.5. The van der Waals surface area contributed by atoms with Gasteiger partial charge in [0.1, 0.15) is 0 Å². The Kier molecular flexibility index (Phi) is 3.53. The molecule has 3 rings (SSSR count). The van der Waals surface area contributed by atoms with Gasteiger partial charge in [-0.1, -0.05) is 54.6 Å². The standard InChI is InChI=1S/C19H18N2/c1-13-9-7-8-12-17(13)19-15(3)20-18(14(2)21-19)16-10-5-4-6-11-16/h4-12H,1-3H3. The molecule has 2 aromatic carbocycles. The molecule has 1 heterocycles. The van der Waals surface area contributed by atoms with E-state index in [4.69, 9.17) is 9.97 Å². The average Bonchev–Trinajstić information content (AvgIpc) is 2.51. The highest BCUT2D eigenvalue weighted by molar-refractivity contribution is 5.69. The van der Waals surface area contributed by atoms with Gasteiger partial charge in [-0.15, -0.1) is 0 Å². The third-order valence-corrected chi connectivity index (χ3v) is 3.69. The first-order valence-corrected chi connectivity index (χ1v) is 7.13. The zero-order valence-corrected chi connectivity index (χ0v) is 12.6. The van der Waals surface area contributed by atoms with Crippen LogP contribution in [0.4, 0.5) is 0 Å². The van der Waals surface area contributed by atoms with Crippen LogP contribution in [-0.2, 0) is 0 Å². The van der Waals surface area contributed by atoms with E-state index in [0.29, 0.717) is 0 Å². The predicted molar refractivity (Wildman–Crippen MR) is 87.1 cm³/mol. The van der Waals surface area contributed by atoms with Crippen LogP contribution in [0.1, 0.15) is 17.0 Å². The van der Waals surface area contributed by atoms with Gasteiger partial charge in [0.15, 0.2) is 0 Å². The first-order valence-electron chi connectivity index (χ1n) is 7.13. The van der Waals surface area contributed by atoms with Crippen molar-refractivity contribution < 1.29 is 0 Å². The minimum absolute atomic E-state index is 0.963. The van der Waals surface area contributed by atoms with E-state index in [9.17, 15) is 0 Å². The molecule has 1 aromatic heterocycles. The summed E-state index contributed by atoms with van der Waals surface area (Å²) in [4.78, 5) is 9.62. The van der Waals surface area contributed by atoms with Gasteiger partial charge in [0.25, 0.3) is 0 Å². The SMILES string of the molecule is Cc1ccccc1-c1nc(C)c(-c2ccccc2)nc1C. The van der Waals surface area contributed by atoms with Crippen molar-refractivity contribution in [3.05, 3.63) is 71.5 Å². The summed E-state index contributed by atoms with van der Waals surface area (Å²) in [6.07, 6.45) is 0. The summed E-state index contributed by atoms with van der Waals surface area (Å²) in [7, 11) is 0. The lowest BCUT2D eigenvalue weighted by Crippen LogP contribution is -2.00. The van der Waals surface area contributed by atoms with Gasteiger partial charge in [-0.3, -0.25) is 0 Å². The van der Waals surface area contributed by atoms with Gasteiger partial charge < -0.3 is 0 Å². The summed E-state index contributed by atoms with van der Waals surface area (Å²) >= 11 is 0. The zero-order valence-electron chi connectivity index (χ0n) is 12.6. The number of hydrogen-bond acceptors (Lipinski definition) is 2. The molecule has 0 atom stereocenters. The normalized spacial score (nSPS) is 10.6. The van der Waals surface area contributed by atoms with Crippen molar-refractivity contribution >= 4 is 0 Å². The lowest BCUT2D eigenvalue weighted by Gasteiger charge is -2.12. The maximum absolute atomic E-state index is 4.82. The van der Waals surface area contributed by atoms with E-state index in [-0.39, 0.29) is 0 Å². The molecule has 0 aliphatic carbocycles. The highest BCUT2D eigenvalue weighted by Crippen LogP contribution is 2.27. The van der Waals surface area contributed by atoms with E-state index in [1.807, 2.05) is 44.2 Å². The monoisotopic (exact) mass is 274 g/mol. The van der Waals surface area contributed by atoms with Gasteiger partial charge in [-0.25, -0.2) is 9.97 Å². The first-order chi connectivity index (χ1) is 10.2. The van der Waals surface area contributed by atoms with Crippen molar-refractivity contribution in [2.75, 3.05) is 0 Å². The lowest BCUT2D eigenvalue weighted by atomic mass is 10.0. The second kappa shape index (κ2) is 5.49. The molecule has 2 nitrogen and oxygen atoms in total. The molecule has 21 heavy (non-hydrogen) atoms. The summed E-state index contributed by atoms with van der Waals surface area (Å²) in [5.74, 6) is 0. The van der Waals surface area contributed by atoms with Crippen molar-refractivity contribution in [3.8, 4) is 22.5 Å². The maximum Gasteiger partial charge on any atom is 0.0920 e. The molecule has 0 radical (unpaired) electrons. The molecule has 0 fully saturated rings. The number of nitrogens with zero attached hydrogens (tertiary/aromatic N) is 2. The highest BCUT2D eigenvalue weighted by atomic mass is 14.8. The van der Waals surface area contributed by atoms with E-state index < -0.39 is 0 Å². The van der Waals surface area contributed by atoms with E-state index in [1.165, 1.54) is 5.56 Å². The van der Waals surface area contributed by atoms with Gasteiger partial charge in [0.05, 0.1) is 22.8 Å². The third kappa shape index (κ3) is 2.57. The molecule has 0 N–H and O–H groups in total. The number of benzene rings is 2. The van der Waals surface area contributed by atoms with E-state index in [1.54, 1.807) is 0 Å². The largest absolute Gasteiger partial charge is 0.249 e. The van der Waals surface area contributed by atoms with Crippen molar-refractivity contribution in [1.82, 2.24) is 9.97 Å². The number of aryl methyl sites for hydroxylation is 3. The van der Waals surface area contributed by atoms with Gasteiger partial charge >= 0.3 is 0 Å². The fourth-order valence-corrected chi connectivity index (χ4v) is 2.57. The Labute approximate surface area is 125 Å². The maximum atomic E-state index is 4.82. The van der Waals surface area contributed by atoms with Crippen LogP contribution < -0.4 is 0 Å². The third-order valence-electron chi connectivity index (χ3n) is 3.69. The lowest BCUT2D eigenvalue weighted by molar-refractivity contribution is 1.07. The number of aromatic nitrogens is 2. The molecule has 0 saturated heterocycles. The van der Waals surface area contributed by atoms with E-state index in [0.717, 1.165) is 33.9 Å². The Balaban J connectivity index is 2.15. The molecule has 0 aliphatic rings. The van der Waals surface area contributed by atoms with Crippen molar-refractivity contribution in [3.63, 3.8) is 0 Å². The number of rotatable bonds is 2. The Hall–Kier alpha value is -2.48. The topological polar surface area (TPSA) is 25.8 Å². The van der Waals surface area contributed by atoms with Gasteiger partial charge in [0.2, 0.25) is 0 Å². The van der Waals surface area contributed by atoms with Crippen molar-refractivity contribution in [2.45, 2.75) is 20.8 Å². The molecular weight excluding hydrogens is 256 g/mol. The van der Waals surface area contributed by atoms with Crippen LogP contribution in [0.25, 0.3) is 22.5 Å². The Morgan fingerprint density at radius 1 is 0.619 bits per heavy atom. The van der Waals surface area contributed by atoms with Crippen LogP contribution in [0.15, 0.2) is 54.6 Å². The molecular formula is C19H18N2. The van der Waals surface area contributed by atoms with Gasteiger partial charge in [-0.2, -0.15) is 0 Å². The van der Waals surface area contributed by atoms with Gasteiger partial charge in [0, 0.05) is 11.1 Å². The van der Waals surface area contributed by atoms with Crippen LogP contribution in [0.5, 0.6) is 0 Å². The highest BCUT2D eigenvalue weighted by Gasteiger charge is 2.12. The molecule has 2 heteroatoms. The average molecular weight is 274 g/mol. The number of hydrogen-bond donors (Lipinski definition) is 0. The molecule has 104 valence electrons. The minimum atomic E-state index is 0.963. The van der Waals surface area contributed by atoms with Crippen LogP contribution in [-0.4, -0.2) is 9.97 Å². The predicted octanol–water partition coefficient (Wildman–Crippen LogP) is 4.74. The summed E-state index contributed by atoms with van der Waals surface area (Å²) in [5.41, 5.74) is 7.36. The summed E-state index contributed by atoms with van der Waals surface area (Å²) < 4.78 is 0. The fraction of sp³-hybridized carbons (Fsp3) is 0.158. The summed E-state index contributed by atoms with van der Waals surface area (Å²) in [5, 5.41) is 0. The van der Waals surface area contributed by atoms with E-state index >= 15 is 0 Å². The fourth-order valence-electron chi connectivity index (χ4n) is 2.57. The minimum Gasteiger partial charge on any atom is -0.249 e. The quantitative estimate of drug-likeness (QED) is 0.674. The molecule has 0 aliphatic heterocycles.